The molecule has 174 valence electrons. The van der Waals surface area contributed by atoms with Crippen molar-refractivity contribution in [2.75, 3.05) is 37.7 Å². The summed E-state index contributed by atoms with van der Waals surface area (Å²) < 4.78 is 7.39. The van der Waals surface area contributed by atoms with Gasteiger partial charge in [-0.25, -0.2) is 4.68 Å². The van der Waals surface area contributed by atoms with E-state index in [4.69, 9.17) is 4.74 Å². The van der Waals surface area contributed by atoms with Gasteiger partial charge in [0, 0.05) is 36.6 Å². The van der Waals surface area contributed by atoms with Crippen LogP contribution in [-0.4, -0.2) is 63.8 Å². The van der Waals surface area contributed by atoms with Crippen LogP contribution in [0.25, 0.3) is 16.1 Å². The Kier molecular flexibility index (Phi) is 6.27. The van der Waals surface area contributed by atoms with Crippen LogP contribution in [-0.2, 0) is 0 Å². The minimum absolute atomic E-state index is 0.0159. The van der Waals surface area contributed by atoms with Gasteiger partial charge in [0.05, 0.1) is 18.0 Å². The second kappa shape index (κ2) is 9.64. The van der Waals surface area contributed by atoms with Gasteiger partial charge in [0.15, 0.2) is 0 Å². The zero-order valence-electron chi connectivity index (χ0n) is 19.2. The van der Waals surface area contributed by atoms with Gasteiger partial charge < -0.3 is 14.5 Å². The average molecular weight is 475 g/mol. The summed E-state index contributed by atoms with van der Waals surface area (Å²) in [6, 6.07) is 16.1. The van der Waals surface area contributed by atoms with E-state index in [0.29, 0.717) is 25.3 Å². The van der Waals surface area contributed by atoms with Crippen LogP contribution in [0.5, 0.6) is 5.75 Å². The fourth-order valence-electron chi connectivity index (χ4n) is 4.20. The lowest BCUT2D eigenvalue weighted by molar-refractivity contribution is 0.0746. The number of hydrogen-bond acceptors (Lipinski definition) is 7. The molecule has 34 heavy (non-hydrogen) atoms. The van der Waals surface area contributed by atoms with Gasteiger partial charge in [-0.3, -0.25) is 4.79 Å². The van der Waals surface area contributed by atoms with Crippen molar-refractivity contribution in [1.29, 1.82) is 0 Å². The number of ether oxygens (including phenoxy) is 1. The van der Waals surface area contributed by atoms with E-state index in [0.717, 1.165) is 40.7 Å². The van der Waals surface area contributed by atoms with Gasteiger partial charge in [-0.2, -0.15) is 0 Å². The number of hydrogen-bond donors (Lipinski definition) is 0. The quantitative estimate of drug-likeness (QED) is 0.420. The zero-order chi connectivity index (χ0) is 23.5. The minimum Gasteiger partial charge on any atom is -0.492 e. The van der Waals surface area contributed by atoms with Crippen LogP contribution >= 0.6 is 11.3 Å². The number of aromatic nitrogens is 4. The van der Waals surface area contributed by atoms with Gasteiger partial charge in [0.2, 0.25) is 0 Å². The second-order valence-corrected chi connectivity index (χ2v) is 9.10. The van der Waals surface area contributed by atoms with Crippen LogP contribution in [0.3, 0.4) is 0 Å². The molecule has 0 unspecified atom stereocenters. The third-order valence-electron chi connectivity index (χ3n) is 5.87. The van der Waals surface area contributed by atoms with Crippen molar-refractivity contribution in [2.24, 2.45) is 0 Å². The molecule has 1 aliphatic heterocycles. The topological polar surface area (TPSA) is 76.4 Å². The van der Waals surface area contributed by atoms with Crippen LogP contribution in [0.1, 0.15) is 22.8 Å². The van der Waals surface area contributed by atoms with Crippen LogP contribution in [0.2, 0.25) is 0 Å². The first-order chi connectivity index (χ1) is 16.6. The average Bonchev–Trinajstić information content (AvgIpc) is 3.56. The van der Waals surface area contributed by atoms with Crippen molar-refractivity contribution in [1.82, 2.24) is 25.1 Å². The number of para-hydroxylation sites is 2. The molecule has 0 radical (unpaired) electrons. The molecule has 0 spiro atoms. The van der Waals surface area contributed by atoms with Gasteiger partial charge >= 0.3 is 0 Å². The molecule has 0 saturated carbocycles. The van der Waals surface area contributed by atoms with Crippen LogP contribution in [0, 0.1) is 6.92 Å². The normalized spacial score (nSPS) is 13.8. The zero-order valence-corrected chi connectivity index (χ0v) is 20.0. The van der Waals surface area contributed by atoms with Crippen LogP contribution < -0.4 is 9.64 Å². The lowest BCUT2D eigenvalue weighted by Crippen LogP contribution is -2.48. The number of aryl methyl sites for hydroxylation is 1. The van der Waals surface area contributed by atoms with E-state index < -0.39 is 0 Å². The summed E-state index contributed by atoms with van der Waals surface area (Å²) in [6.45, 7) is 7.46. The molecule has 0 bridgehead atoms. The maximum Gasteiger partial charge on any atom is 0.254 e. The van der Waals surface area contributed by atoms with Gasteiger partial charge in [-0.1, -0.05) is 12.1 Å². The second-order valence-electron chi connectivity index (χ2n) is 8.19. The summed E-state index contributed by atoms with van der Waals surface area (Å²) in [5.74, 6) is 0.900. The molecule has 1 aliphatic rings. The Balaban J connectivity index is 1.38. The largest absolute Gasteiger partial charge is 0.492 e. The fourth-order valence-corrected chi connectivity index (χ4v) is 5.09. The number of anilines is 1. The molecule has 0 N–H and O–H groups in total. The fraction of sp³-hybridized carbons (Fsp3) is 0.280. The third-order valence-corrected chi connectivity index (χ3v) is 6.96. The predicted molar refractivity (Wildman–Crippen MR) is 133 cm³/mol. The Bertz CT molecular complexity index is 1280. The molecule has 8 nitrogen and oxygen atoms in total. The van der Waals surface area contributed by atoms with E-state index in [1.165, 1.54) is 5.56 Å². The summed E-state index contributed by atoms with van der Waals surface area (Å²) in [4.78, 5) is 18.9. The summed E-state index contributed by atoms with van der Waals surface area (Å²) in [5.41, 5.74) is 4.66. The molecule has 1 fully saturated rings. The number of carbonyl (C=O) groups is 1. The number of piperazine rings is 1. The highest BCUT2D eigenvalue weighted by atomic mass is 32.1. The highest BCUT2D eigenvalue weighted by molar-refractivity contribution is 7.13. The van der Waals surface area contributed by atoms with E-state index in [1.54, 1.807) is 22.3 Å². The van der Waals surface area contributed by atoms with E-state index in [-0.39, 0.29) is 5.91 Å². The van der Waals surface area contributed by atoms with Crippen LogP contribution in [0.15, 0.2) is 60.2 Å². The molecule has 5 rings (SSSR count). The smallest absolute Gasteiger partial charge is 0.254 e. The number of amides is 1. The summed E-state index contributed by atoms with van der Waals surface area (Å²) in [5, 5.41) is 13.6. The predicted octanol–water partition coefficient (Wildman–Crippen LogP) is 4.06. The maximum absolute atomic E-state index is 13.5. The SMILES string of the molecule is CCOc1ccccc1N1CCN(C(=O)c2cc(-c3cc(C)cs3)cc(-n3cnnn3)c2)CC1. The molecular weight excluding hydrogens is 448 g/mol. The third kappa shape index (κ3) is 4.51. The van der Waals surface area contributed by atoms with Crippen molar-refractivity contribution in [3.05, 3.63) is 71.4 Å². The van der Waals surface area contributed by atoms with Crippen molar-refractivity contribution < 1.29 is 9.53 Å². The summed E-state index contributed by atoms with van der Waals surface area (Å²) >= 11 is 1.66. The molecule has 0 atom stereocenters. The van der Waals surface area contributed by atoms with Crippen molar-refractivity contribution in [3.63, 3.8) is 0 Å². The number of tetrazole rings is 1. The molecule has 3 heterocycles. The Morgan fingerprint density at radius 3 is 2.62 bits per heavy atom. The molecule has 1 saturated heterocycles. The Labute approximate surface area is 202 Å². The Morgan fingerprint density at radius 1 is 1.09 bits per heavy atom. The summed E-state index contributed by atoms with van der Waals surface area (Å²) in [6.07, 6.45) is 1.54. The minimum atomic E-state index is 0.0159. The summed E-state index contributed by atoms with van der Waals surface area (Å²) in [7, 11) is 0. The van der Waals surface area contributed by atoms with Crippen LogP contribution in [0.4, 0.5) is 5.69 Å². The first-order valence-electron chi connectivity index (χ1n) is 11.3. The van der Waals surface area contributed by atoms with Gasteiger partial charge in [-0.05, 0) is 77.2 Å². The number of nitrogens with zero attached hydrogens (tertiary/aromatic N) is 6. The van der Waals surface area contributed by atoms with E-state index in [2.05, 4.69) is 44.9 Å². The van der Waals surface area contributed by atoms with Crippen molar-refractivity contribution in [2.45, 2.75) is 13.8 Å². The van der Waals surface area contributed by atoms with Crippen molar-refractivity contribution >= 4 is 22.9 Å². The van der Waals surface area contributed by atoms with Gasteiger partial charge in [-0.15, -0.1) is 16.4 Å². The number of thiophene rings is 1. The highest BCUT2D eigenvalue weighted by Gasteiger charge is 2.25. The van der Waals surface area contributed by atoms with Gasteiger partial charge in [0.1, 0.15) is 12.1 Å². The Hall–Kier alpha value is -3.72. The lowest BCUT2D eigenvalue weighted by Gasteiger charge is -2.36. The van der Waals surface area contributed by atoms with Gasteiger partial charge in [0.25, 0.3) is 5.91 Å². The monoisotopic (exact) mass is 474 g/mol. The first-order valence-corrected chi connectivity index (χ1v) is 12.2. The van der Waals surface area contributed by atoms with E-state index in [1.807, 2.05) is 48.2 Å². The molecule has 2 aromatic heterocycles. The molecule has 0 aliphatic carbocycles. The molecule has 4 aromatic rings. The number of rotatable bonds is 6. The lowest BCUT2D eigenvalue weighted by atomic mass is 10.1. The van der Waals surface area contributed by atoms with Crippen molar-refractivity contribution in [3.8, 4) is 21.9 Å². The molecular formula is C25H26N6O2S. The molecule has 9 heteroatoms. The standard InChI is InChI=1S/C25H26N6O2S/c1-3-33-23-7-5-4-6-22(23)29-8-10-30(11-9-29)25(32)20-13-19(24-12-18(2)16-34-24)14-21(15-20)31-17-26-27-28-31/h4-7,12-17H,3,8-11H2,1-2H3. The maximum atomic E-state index is 13.5. The van der Waals surface area contributed by atoms with E-state index in [9.17, 15) is 4.79 Å². The molecule has 2 aromatic carbocycles. The first kappa shape index (κ1) is 22.1. The number of carbonyl (C=O) groups excluding carboxylic acids is 1. The van der Waals surface area contributed by atoms with E-state index >= 15 is 0 Å². The number of benzene rings is 2. The Morgan fingerprint density at radius 2 is 1.91 bits per heavy atom. The molecule has 1 amide bonds. The highest BCUT2D eigenvalue weighted by Crippen LogP contribution is 2.31.